The lowest BCUT2D eigenvalue weighted by molar-refractivity contribution is -0.00270. The van der Waals surface area contributed by atoms with E-state index in [0.29, 0.717) is 5.56 Å². The summed E-state index contributed by atoms with van der Waals surface area (Å²) in [6.07, 6.45) is -2.79. The third-order valence-corrected chi connectivity index (χ3v) is 3.07. The van der Waals surface area contributed by atoms with Gasteiger partial charge in [0.25, 0.3) is 12.3 Å². The number of rotatable bonds is 4. The maximum atomic E-state index is 12.1. The molecule has 1 amide bonds. The van der Waals surface area contributed by atoms with E-state index < -0.39 is 25.0 Å². The maximum Gasteiger partial charge on any atom is 0.265 e. The fourth-order valence-corrected chi connectivity index (χ4v) is 2.00. The molecule has 0 spiro atoms. The zero-order chi connectivity index (χ0) is 13.8. The number of amides is 1. The summed E-state index contributed by atoms with van der Waals surface area (Å²) < 4.78 is 24.2. The van der Waals surface area contributed by atoms with Crippen molar-refractivity contribution in [2.45, 2.75) is 25.4 Å². The molecule has 0 radical (unpaired) electrons. The van der Waals surface area contributed by atoms with E-state index in [-0.39, 0.29) is 0 Å². The van der Waals surface area contributed by atoms with Crippen LogP contribution in [0.5, 0.6) is 0 Å². The largest absolute Gasteiger partial charge is 0.385 e. The summed E-state index contributed by atoms with van der Waals surface area (Å²) in [5, 5.41) is 14.5. The maximum absolute atomic E-state index is 12.1. The smallest absolute Gasteiger partial charge is 0.265 e. The summed E-state index contributed by atoms with van der Waals surface area (Å²) in [5.74, 6) is -0.451. The fraction of sp³-hybridized carbons (Fsp3) is 0.462. The number of anilines is 1. The van der Waals surface area contributed by atoms with E-state index in [2.05, 4.69) is 10.6 Å². The van der Waals surface area contributed by atoms with Gasteiger partial charge in [0.05, 0.1) is 0 Å². The summed E-state index contributed by atoms with van der Waals surface area (Å²) in [7, 11) is 0. The second kappa shape index (κ2) is 5.97. The monoisotopic (exact) mass is 270 g/mol. The molecule has 19 heavy (non-hydrogen) atoms. The van der Waals surface area contributed by atoms with E-state index in [0.717, 1.165) is 30.6 Å². The summed E-state index contributed by atoms with van der Waals surface area (Å²) in [5.41, 5.74) is 2.48. The molecule has 0 fully saturated rings. The summed E-state index contributed by atoms with van der Waals surface area (Å²) in [6.45, 7) is 0.463. The molecule has 0 aromatic heterocycles. The van der Waals surface area contributed by atoms with Crippen LogP contribution in [0.25, 0.3) is 0 Å². The van der Waals surface area contributed by atoms with Gasteiger partial charge in [-0.2, -0.15) is 0 Å². The van der Waals surface area contributed by atoms with Gasteiger partial charge in [0.2, 0.25) is 0 Å². The molecule has 0 bridgehead atoms. The third-order valence-electron chi connectivity index (χ3n) is 3.07. The molecule has 1 heterocycles. The molecular weight excluding hydrogens is 254 g/mol. The minimum absolute atomic E-state index is 0.420. The van der Waals surface area contributed by atoms with Crippen molar-refractivity contribution in [1.29, 1.82) is 0 Å². The van der Waals surface area contributed by atoms with Crippen molar-refractivity contribution in [1.82, 2.24) is 5.32 Å². The Morgan fingerprint density at radius 3 is 3.00 bits per heavy atom. The van der Waals surface area contributed by atoms with Crippen molar-refractivity contribution in [3.8, 4) is 0 Å². The molecule has 1 unspecified atom stereocenters. The highest BCUT2D eigenvalue weighted by atomic mass is 19.3. The topological polar surface area (TPSA) is 61.4 Å². The van der Waals surface area contributed by atoms with Crippen LogP contribution in [0.3, 0.4) is 0 Å². The van der Waals surface area contributed by atoms with E-state index >= 15 is 0 Å². The summed E-state index contributed by atoms with van der Waals surface area (Å²) in [4.78, 5) is 11.8. The number of carbonyl (C=O) groups is 1. The van der Waals surface area contributed by atoms with Crippen LogP contribution in [0.4, 0.5) is 14.5 Å². The second-order valence-corrected chi connectivity index (χ2v) is 4.51. The number of benzene rings is 1. The number of alkyl halides is 2. The molecule has 0 saturated heterocycles. The highest BCUT2D eigenvalue weighted by molar-refractivity contribution is 5.95. The zero-order valence-corrected chi connectivity index (χ0v) is 10.3. The number of fused-ring (bicyclic) bond motifs is 1. The zero-order valence-electron chi connectivity index (χ0n) is 10.3. The van der Waals surface area contributed by atoms with Crippen molar-refractivity contribution < 1.29 is 18.7 Å². The Bertz CT molecular complexity index is 466. The van der Waals surface area contributed by atoms with Crippen LogP contribution in [0.15, 0.2) is 18.2 Å². The molecule has 1 atom stereocenters. The molecule has 3 N–H and O–H groups in total. The number of carbonyl (C=O) groups excluding carboxylic acids is 1. The third kappa shape index (κ3) is 3.41. The quantitative estimate of drug-likeness (QED) is 0.775. The Balaban J connectivity index is 1.99. The van der Waals surface area contributed by atoms with Crippen LogP contribution in [-0.4, -0.2) is 36.6 Å². The first-order valence-corrected chi connectivity index (χ1v) is 6.19. The molecular formula is C13H16F2N2O2. The Labute approximate surface area is 109 Å². The van der Waals surface area contributed by atoms with E-state index in [9.17, 15) is 13.6 Å². The lowest BCUT2D eigenvalue weighted by Gasteiger charge is -2.18. The highest BCUT2D eigenvalue weighted by Gasteiger charge is 2.18. The Morgan fingerprint density at radius 1 is 1.47 bits per heavy atom. The molecule has 1 aromatic carbocycles. The average Bonchev–Trinajstić information content (AvgIpc) is 2.43. The molecule has 0 aliphatic carbocycles. The lowest BCUT2D eigenvalue weighted by Crippen LogP contribution is -2.35. The van der Waals surface area contributed by atoms with Gasteiger partial charge in [0, 0.05) is 24.3 Å². The van der Waals surface area contributed by atoms with Crippen LogP contribution in [-0.2, 0) is 6.42 Å². The van der Waals surface area contributed by atoms with Crippen molar-refractivity contribution in [3.05, 3.63) is 29.3 Å². The standard InChI is InChI=1S/C13H16F2N2O2/c14-12(15)11(18)7-17-13(19)9-3-4-10-8(6-9)2-1-5-16-10/h3-4,6,11-12,16,18H,1-2,5,7H2,(H,17,19). The molecule has 4 nitrogen and oxygen atoms in total. The normalized spacial score (nSPS) is 15.6. The van der Waals surface area contributed by atoms with Crippen molar-refractivity contribution >= 4 is 11.6 Å². The number of aliphatic hydroxyl groups excluding tert-OH is 1. The Morgan fingerprint density at radius 2 is 2.26 bits per heavy atom. The Kier molecular flexibility index (Phi) is 4.31. The molecule has 1 aliphatic heterocycles. The van der Waals surface area contributed by atoms with Crippen LogP contribution >= 0.6 is 0 Å². The van der Waals surface area contributed by atoms with Crippen molar-refractivity contribution in [2.24, 2.45) is 0 Å². The van der Waals surface area contributed by atoms with Gasteiger partial charge in [-0.1, -0.05) is 0 Å². The minimum atomic E-state index is -2.85. The first-order valence-electron chi connectivity index (χ1n) is 6.19. The van der Waals surface area contributed by atoms with E-state index in [4.69, 9.17) is 5.11 Å². The fourth-order valence-electron chi connectivity index (χ4n) is 2.00. The number of hydrogen-bond acceptors (Lipinski definition) is 3. The molecule has 104 valence electrons. The number of hydrogen-bond donors (Lipinski definition) is 3. The van der Waals surface area contributed by atoms with Crippen molar-refractivity contribution in [2.75, 3.05) is 18.4 Å². The SMILES string of the molecule is O=C(NCC(O)C(F)F)c1ccc2c(c1)CCCN2. The first-order chi connectivity index (χ1) is 9.08. The minimum Gasteiger partial charge on any atom is -0.385 e. The van der Waals surface area contributed by atoms with Crippen LogP contribution in [0, 0.1) is 0 Å². The molecule has 2 rings (SSSR count). The molecule has 0 saturated carbocycles. The summed E-state index contributed by atoms with van der Waals surface area (Å²) in [6, 6.07) is 5.21. The average molecular weight is 270 g/mol. The van der Waals surface area contributed by atoms with Gasteiger partial charge in [-0.25, -0.2) is 8.78 Å². The van der Waals surface area contributed by atoms with Gasteiger partial charge in [0.1, 0.15) is 6.10 Å². The van der Waals surface area contributed by atoms with Gasteiger partial charge in [0.15, 0.2) is 0 Å². The predicted octanol–water partition coefficient (Wildman–Crippen LogP) is 1.40. The molecule has 6 heteroatoms. The van der Waals surface area contributed by atoms with Crippen molar-refractivity contribution in [3.63, 3.8) is 0 Å². The van der Waals surface area contributed by atoms with Crippen LogP contribution < -0.4 is 10.6 Å². The molecule has 1 aliphatic rings. The van der Waals surface area contributed by atoms with Gasteiger partial charge in [-0.15, -0.1) is 0 Å². The van der Waals surface area contributed by atoms with Crippen LogP contribution in [0.1, 0.15) is 22.3 Å². The van der Waals surface area contributed by atoms with E-state index in [1.54, 1.807) is 12.1 Å². The highest BCUT2D eigenvalue weighted by Crippen LogP contribution is 2.22. The molecule has 1 aromatic rings. The number of nitrogens with one attached hydrogen (secondary N) is 2. The second-order valence-electron chi connectivity index (χ2n) is 4.51. The van der Waals surface area contributed by atoms with E-state index in [1.807, 2.05) is 6.07 Å². The van der Waals surface area contributed by atoms with Gasteiger partial charge >= 0.3 is 0 Å². The number of halogens is 2. The predicted molar refractivity (Wildman–Crippen MR) is 67.6 cm³/mol. The van der Waals surface area contributed by atoms with Gasteiger partial charge in [-0.05, 0) is 36.6 Å². The van der Waals surface area contributed by atoms with Gasteiger partial charge < -0.3 is 15.7 Å². The Hall–Kier alpha value is -1.69. The van der Waals surface area contributed by atoms with Crippen LogP contribution in [0.2, 0.25) is 0 Å². The first kappa shape index (κ1) is 13.7. The summed E-state index contributed by atoms with van der Waals surface area (Å²) >= 11 is 0. The number of aryl methyl sites for hydroxylation is 1. The lowest BCUT2D eigenvalue weighted by atomic mass is 10.0. The number of aliphatic hydroxyl groups is 1. The van der Waals surface area contributed by atoms with Gasteiger partial charge in [-0.3, -0.25) is 4.79 Å². The van der Waals surface area contributed by atoms with E-state index in [1.165, 1.54) is 0 Å².